The minimum atomic E-state index is -3.03. The first-order valence-electron chi connectivity index (χ1n) is 15.7. The Balaban J connectivity index is 1.30. The van der Waals surface area contributed by atoms with Gasteiger partial charge >= 0.3 is 0 Å². The van der Waals surface area contributed by atoms with E-state index in [0.717, 1.165) is 22.7 Å². The summed E-state index contributed by atoms with van der Waals surface area (Å²) < 4.78 is 15.4. The summed E-state index contributed by atoms with van der Waals surface area (Å²) >= 11 is 0. The van der Waals surface area contributed by atoms with Gasteiger partial charge in [0.05, 0.1) is 16.9 Å². The highest BCUT2D eigenvalue weighted by atomic mass is 31.2. The average molecular weight is 590 g/mol. The maximum absolute atomic E-state index is 15.4. The summed E-state index contributed by atoms with van der Waals surface area (Å²) in [7, 11) is -3.03. The molecule has 6 unspecified atom stereocenters. The van der Waals surface area contributed by atoms with Crippen molar-refractivity contribution in [1.82, 2.24) is 0 Å². The van der Waals surface area contributed by atoms with Crippen molar-refractivity contribution in [1.29, 1.82) is 0 Å². The fourth-order valence-electron chi connectivity index (χ4n) is 7.93. The molecule has 3 aromatic rings. The molecule has 0 spiro atoms. The van der Waals surface area contributed by atoms with Crippen molar-refractivity contribution < 1.29 is 4.57 Å². The quantitative estimate of drug-likeness (QED) is 0.279. The van der Waals surface area contributed by atoms with Crippen LogP contribution in [-0.4, -0.2) is 10.9 Å². The topological polar surface area (TPSA) is 29.4 Å². The summed E-state index contributed by atoms with van der Waals surface area (Å²) in [5.41, 5.74) is 7.18. The first-order valence-corrected chi connectivity index (χ1v) is 17.4. The summed E-state index contributed by atoms with van der Waals surface area (Å²) in [6.07, 6.45) is 27.3. The van der Waals surface area contributed by atoms with E-state index >= 15 is 4.57 Å². The number of fused-ring (bicyclic) bond motifs is 6. The number of nitrogens with zero attached hydrogens (tertiary/aromatic N) is 1. The molecule has 0 N–H and O–H groups in total. The van der Waals surface area contributed by atoms with Gasteiger partial charge in [-0.2, -0.15) is 0 Å². The Morgan fingerprint density at radius 2 is 1.50 bits per heavy atom. The first kappa shape index (κ1) is 27.3. The van der Waals surface area contributed by atoms with Crippen molar-refractivity contribution in [2.75, 3.05) is 0 Å². The predicted molar refractivity (Wildman–Crippen MR) is 186 cm³/mol. The van der Waals surface area contributed by atoms with Crippen LogP contribution in [0.25, 0.3) is 11.6 Å². The van der Waals surface area contributed by atoms with E-state index in [1.807, 2.05) is 36.4 Å². The third-order valence-electron chi connectivity index (χ3n) is 10.4. The Hall–Kier alpha value is -4.26. The predicted octanol–water partition coefficient (Wildman–Crippen LogP) is 9.19. The number of rotatable bonds is 4. The van der Waals surface area contributed by atoms with Crippen LogP contribution in [-0.2, 0) is 4.57 Å². The van der Waals surface area contributed by atoms with Crippen molar-refractivity contribution >= 4 is 35.1 Å². The fraction of sp³-hybridized carbons (Fsp3) is 0.195. The molecule has 3 aromatic carbocycles. The van der Waals surface area contributed by atoms with Gasteiger partial charge in [-0.25, -0.2) is 0 Å². The highest BCUT2D eigenvalue weighted by Gasteiger charge is 2.47. The third-order valence-corrected chi connectivity index (χ3v) is 14.3. The number of aliphatic imine (C=N–C) groups is 1. The van der Waals surface area contributed by atoms with E-state index < -0.39 is 12.3 Å². The molecule has 0 saturated carbocycles. The van der Waals surface area contributed by atoms with Crippen LogP contribution in [0.15, 0.2) is 156 Å². The summed E-state index contributed by atoms with van der Waals surface area (Å²) in [6, 6.07) is 27.5. The molecule has 0 aromatic heterocycles. The van der Waals surface area contributed by atoms with Gasteiger partial charge in [-0.3, -0.25) is 4.99 Å². The van der Waals surface area contributed by atoms with Crippen LogP contribution in [0.1, 0.15) is 43.0 Å². The smallest absolute Gasteiger partial charge is 0.152 e. The van der Waals surface area contributed by atoms with Crippen LogP contribution in [0, 0.1) is 17.3 Å². The molecule has 3 heteroatoms. The van der Waals surface area contributed by atoms with Crippen molar-refractivity contribution in [3.05, 3.63) is 168 Å². The minimum absolute atomic E-state index is 0.0152. The van der Waals surface area contributed by atoms with Crippen molar-refractivity contribution in [2.45, 2.75) is 31.5 Å². The Morgan fingerprint density at radius 3 is 2.30 bits per heavy atom. The van der Waals surface area contributed by atoms with Crippen LogP contribution < -0.4 is 10.6 Å². The molecule has 0 saturated heterocycles. The molecule has 0 fully saturated rings. The Bertz CT molecular complexity index is 1950. The van der Waals surface area contributed by atoms with E-state index in [2.05, 4.69) is 129 Å². The molecular weight excluding hydrogens is 553 g/mol. The van der Waals surface area contributed by atoms with Gasteiger partial charge in [0, 0.05) is 33.4 Å². The highest BCUT2D eigenvalue weighted by molar-refractivity contribution is 7.80. The van der Waals surface area contributed by atoms with E-state index in [0.29, 0.717) is 0 Å². The highest BCUT2D eigenvalue weighted by Crippen LogP contribution is 2.59. The largest absolute Gasteiger partial charge is 0.313 e. The van der Waals surface area contributed by atoms with Gasteiger partial charge in [0.2, 0.25) is 0 Å². The molecular formula is C41H36NOP. The van der Waals surface area contributed by atoms with Gasteiger partial charge in [-0.1, -0.05) is 152 Å². The molecule has 2 nitrogen and oxygen atoms in total. The molecule has 1 heterocycles. The summed E-state index contributed by atoms with van der Waals surface area (Å²) in [5, 5.41) is 1.31. The van der Waals surface area contributed by atoms with Gasteiger partial charge in [0.15, 0.2) is 7.14 Å². The molecule has 0 amide bonds. The zero-order valence-corrected chi connectivity index (χ0v) is 26.1. The molecule has 44 heavy (non-hydrogen) atoms. The monoisotopic (exact) mass is 589 g/mol. The van der Waals surface area contributed by atoms with Crippen molar-refractivity contribution in [2.24, 2.45) is 22.2 Å². The van der Waals surface area contributed by atoms with E-state index in [1.54, 1.807) is 0 Å². The van der Waals surface area contributed by atoms with E-state index in [1.165, 1.54) is 27.8 Å². The van der Waals surface area contributed by atoms with E-state index in [-0.39, 0.29) is 23.3 Å². The van der Waals surface area contributed by atoms with Crippen LogP contribution >= 0.6 is 7.14 Å². The zero-order valence-electron chi connectivity index (χ0n) is 25.2. The van der Waals surface area contributed by atoms with E-state index in [4.69, 9.17) is 4.99 Å². The Morgan fingerprint density at radius 1 is 0.750 bits per heavy atom. The van der Waals surface area contributed by atoms with Gasteiger partial charge in [0.25, 0.3) is 0 Å². The van der Waals surface area contributed by atoms with E-state index in [9.17, 15) is 0 Å². The molecule has 0 radical (unpaired) electrons. The molecule has 0 bridgehead atoms. The molecule has 6 atom stereocenters. The van der Waals surface area contributed by atoms with Gasteiger partial charge in [0.1, 0.15) is 0 Å². The molecule has 5 aliphatic rings. The molecule has 8 rings (SSSR count). The average Bonchev–Trinajstić information content (AvgIpc) is 3.07. The van der Waals surface area contributed by atoms with Crippen LogP contribution in [0.4, 0.5) is 0 Å². The number of dihydropyridines is 1. The summed E-state index contributed by atoms with van der Waals surface area (Å²) in [6.45, 7) is 4.47. The van der Waals surface area contributed by atoms with Crippen LogP contribution in [0.5, 0.6) is 0 Å². The van der Waals surface area contributed by atoms with Crippen LogP contribution in [0.3, 0.4) is 0 Å². The lowest BCUT2D eigenvalue weighted by molar-refractivity contribution is 0.476. The lowest BCUT2D eigenvalue weighted by Crippen LogP contribution is -2.40. The second kappa shape index (κ2) is 10.1. The second-order valence-corrected chi connectivity index (χ2v) is 16.3. The van der Waals surface area contributed by atoms with Crippen LogP contribution in [0.2, 0.25) is 0 Å². The zero-order chi connectivity index (χ0) is 29.9. The van der Waals surface area contributed by atoms with Crippen molar-refractivity contribution in [3.8, 4) is 0 Å². The third kappa shape index (κ3) is 3.94. The first-order chi connectivity index (χ1) is 21.4. The summed E-state index contributed by atoms with van der Waals surface area (Å²) in [4.78, 5) is 5.58. The normalized spacial score (nSPS) is 30.6. The number of hydrogen-bond donors (Lipinski definition) is 0. The maximum Gasteiger partial charge on any atom is 0.152 e. The SMILES string of the molecule is CC12C=CC=CC1C=CC1=C(c3ccc(P(=O)(c4ccccc4)C4(C)C=CC=CC4)cc3)C3C=Cc4ccccc4C3N=C12. The Kier molecular flexibility index (Phi) is 6.30. The second-order valence-electron chi connectivity index (χ2n) is 13.0. The molecule has 216 valence electrons. The summed E-state index contributed by atoms with van der Waals surface area (Å²) in [5.74, 6) is 0.395. The minimum Gasteiger partial charge on any atom is -0.313 e. The Labute approximate surface area is 260 Å². The maximum atomic E-state index is 15.4. The molecule has 4 aliphatic carbocycles. The molecule has 1 aliphatic heterocycles. The number of benzene rings is 3. The van der Waals surface area contributed by atoms with Crippen molar-refractivity contribution in [3.63, 3.8) is 0 Å². The standard InChI is InChI=1S/C41H36NOP/c1-40(26-10-4-11-27-40)44(43,32-15-5-3-6-16-32)33-22-18-30(19-23-33)37-35-24-20-29-13-7-8-17-34(29)38(35)42-39-36(37)25-21-31-14-9-12-28-41(31,39)2/h3-26,28,31,35,38H,27H2,1-2H3. The lowest BCUT2D eigenvalue weighted by atomic mass is 9.62. The van der Waals surface area contributed by atoms with Gasteiger partial charge in [-0.05, 0) is 42.5 Å². The van der Waals surface area contributed by atoms with Gasteiger partial charge < -0.3 is 4.57 Å². The number of allylic oxidation sites excluding steroid dienone is 11. The number of hydrogen-bond acceptors (Lipinski definition) is 2. The van der Waals surface area contributed by atoms with Gasteiger partial charge in [-0.15, -0.1) is 0 Å². The lowest BCUT2D eigenvalue weighted by Gasteiger charge is -2.44. The fourth-order valence-corrected chi connectivity index (χ4v) is 11.2.